The number of hydrogen-bond donors (Lipinski definition) is 0. The number of hydrogen-bond acceptors (Lipinski definition) is 1. The molecule has 106 valence electrons. The quantitative estimate of drug-likeness (QED) is 0.482. The largest absolute Gasteiger partial charge is 0.371 e. The standard InChI is InChI=1S/C16H29IO/c1-3-14-5-4-6-15(11-14)18-16(12-17)9-7-13(2)8-10-16/h13-15H,3-12H2,1-2H3. The van der Waals surface area contributed by atoms with Gasteiger partial charge in [0.05, 0.1) is 11.7 Å². The molecule has 0 aliphatic heterocycles. The van der Waals surface area contributed by atoms with Crippen LogP contribution in [-0.2, 0) is 4.74 Å². The van der Waals surface area contributed by atoms with Gasteiger partial charge in [-0.2, -0.15) is 0 Å². The van der Waals surface area contributed by atoms with Crippen LogP contribution in [0.2, 0.25) is 0 Å². The summed E-state index contributed by atoms with van der Waals surface area (Å²) in [5, 5.41) is 0. The highest BCUT2D eigenvalue weighted by atomic mass is 127. The molecule has 0 aromatic carbocycles. The normalized spacial score (nSPS) is 41.8. The summed E-state index contributed by atoms with van der Waals surface area (Å²) in [5.74, 6) is 1.84. The van der Waals surface area contributed by atoms with Gasteiger partial charge in [-0.15, -0.1) is 0 Å². The second-order valence-corrected chi connectivity index (χ2v) is 7.44. The zero-order valence-corrected chi connectivity index (χ0v) is 14.2. The Morgan fingerprint density at radius 1 is 1.17 bits per heavy atom. The van der Waals surface area contributed by atoms with Crippen molar-refractivity contribution in [3.63, 3.8) is 0 Å². The van der Waals surface area contributed by atoms with E-state index >= 15 is 0 Å². The van der Waals surface area contributed by atoms with E-state index in [1.54, 1.807) is 0 Å². The van der Waals surface area contributed by atoms with Crippen molar-refractivity contribution in [3.8, 4) is 0 Å². The molecule has 0 heterocycles. The van der Waals surface area contributed by atoms with Crippen molar-refractivity contribution >= 4 is 22.6 Å². The van der Waals surface area contributed by atoms with Crippen LogP contribution in [0, 0.1) is 11.8 Å². The third-order valence-corrected chi connectivity index (χ3v) is 6.55. The molecule has 1 nitrogen and oxygen atoms in total. The minimum atomic E-state index is 0.230. The van der Waals surface area contributed by atoms with Gasteiger partial charge in [-0.1, -0.05) is 55.7 Å². The van der Waals surface area contributed by atoms with Crippen molar-refractivity contribution < 1.29 is 4.74 Å². The maximum Gasteiger partial charge on any atom is 0.0775 e. The average Bonchev–Trinajstić information content (AvgIpc) is 2.42. The molecule has 0 amide bonds. The highest BCUT2D eigenvalue weighted by Crippen LogP contribution is 2.40. The maximum absolute atomic E-state index is 6.64. The molecule has 18 heavy (non-hydrogen) atoms. The highest BCUT2D eigenvalue weighted by Gasteiger charge is 2.37. The number of halogens is 1. The lowest BCUT2D eigenvalue weighted by atomic mass is 9.79. The fraction of sp³-hybridized carbons (Fsp3) is 1.00. The monoisotopic (exact) mass is 364 g/mol. The van der Waals surface area contributed by atoms with Gasteiger partial charge in [0, 0.05) is 4.43 Å². The average molecular weight is 364 g/mol. The van der Waals surface area contributed by atoms with Crippen LogP contribution >= 0.6 is 22.6 Å². The smallest absolute Gasteiger partial charge is 0.0775 e. The highest BCUT2D eigenvalue weighted by molar-refractivity contribution is 14.1. The van der Waals surface area contributed by atoms with Crippen LogP contribution in [0.4, 0.5) is 0 Å². The van der Waals surface area contributed by atoms with Gasteiger partial charge in [0.25, 0.3) is 0 Å². The predicted octanol–water partition coefficient (Wildman–Crippen LogP) is 5.36. The topological polar surface area (TPSA) is 9.23 Å². The van der Waals surface area contributed by atoms with Crippen LogP contribution in [0.5, 0.6) is 0 Å². The Balaban J connectivity index is 1.89. The zero-order valence-electron chi connectivity index (χ0n) is 12.1. The van der Waals surface area contributed by atoms with E-state index in [-0.39, 0.29) is 5.60 Å². The first kappa shape index (κ1) is 15.1. The number of alkyl halides is 1. The molecule has 0 N–H and O–H groups in total. The molecular formula is C16H29IO. The molecule has 0 saturated heterocycles. The Bertz CT molecular complexity index is 245. The van der Waals surface area contributed by atoms with Crippen LogP contribution in [-0.4, -0.2) is 16.1 Å². The Hall–Kier alpha value is 0.690. The molecule has 0 aromatic heterocycles. The molecule has 0 aromatic rings. The van der Waals surface area contributed by atoms with Gasteiger partial charge in [0.1, 0.15) is 0 Å². The van der Waals surface area contributed by atoms with Gasteiger partial charge in [-0.3, -0.25) is 0 Å². The lowest BCUT2D eigenvalue weighted by Crippen LogP contribution is -2.42. The summed E-state index contributed by atoms with van der Waals surface area (Å²) in [6.45, 7) is 4.73. The molecule has 2 saturated carbocycles. The Morgan fingerprint density at radius 3 is 2.50 bits per heavy atom. The van der Waals surface area contributed by atoms with Crippen molar-refractivity contribution in [2.45, 2.75) is 83.3 Å². The van der Waals surface area contributed by atoms with Gasteiger partial charge in [-0.25, -0.2) is 0 Å². The molecule has 2 heteroatoms. The van der Waals surface area contributed by atoms with Gasteiger partial charge in [-0.05, 0) is 50.4 Å². The molecule has 0 bridgehead atoms. The fourth-order valence-electron chi connectivity index (χ4n) is 3.64. The molecule has 2 aliphatic carbocycles. The first-order chi connectivity index (χ1) is 8.67. The summed E-state index contributed by atoms with van der Waals surface area (Å²) in [6, 6.07) is 0. The Morgan fingerprint density at radius 2 is 1.89 bits per heavy atom. The third-order valence-electron chi connectivity index (χ3n) is 5.16. The van der Waals surface area contributed by atoms with E-state index in [0.29, 0.717) is 6.10 Å². The summed E-state index contributed by atoms with van der Waals surface area (Å²) in [6.07, 6.45) is 12.7. The van der Waals surface area contributed by atoms with E-state index in [1.165, 1.54) is 62.2 Å². The molecular weight excluding hydrogens is 335 g/mol. The van der Waals surface area contributed by atoms with E-state index < -0.39 is 0 Å². The Kier molecular flexibility index (Phi) is 5.80. The summed E-state index contributed by atoms with van der Waals surface area (Å²) >= 11 is 2.55. The first-order valence-corrected chi connectivity index (χ1v) is 9.44. The van der Waals surface area contributed by atoms with Crippen molar-refractivity contribution in [2.75, 3.05) is 4.43 Å². The SMILES string of the molecule is CCC1CCCC(OC2(CI)CCC(C)CC2)C1. The van der Waals surface area contributed by atoms with Crippen molar-refractivity contribution in [3.05, 3.63) is 0 Å². The van der Waals surface area contributed by atoms with Crippen LogP contribution in [0.1, 0.15) is 71.6 Å². The molecule has 0 spiro atoms. The van der Waals surface area contributed by atoms with Gasteiger partial charge < -0.3 is 4.74 Å². The lowest BCUT2D eigenvalue weighted by molar-refractivity contribution is -0.118. The second kappa shape index (κ2) is 6.92. The minimum absolute atomic E-state index is 0.230. The van der Waals surface area contributed by atoms with Gasteiger partial charge in [0.2, 0.25) is 0 Å². The molecule has 2 fully saturated rings. The summed E-state index contributed by atoms with van der Waals surface area (Å²) in [5.41, 5.74) is 0.230. The zero-order chi connectivity index (χ0) is 13.0. The number of rotatable bonds is 4. The lowest BCUT2D eigenvalue weighted by Gasteiger charge is -2.42. The number of ether oxygens (including phenoxy) is 1. The van der Waals surface area contributed by atoms with E-state index in [4.69, 9.17) is 4.74 Å². The van der Waals surface area contributed by atoms with Crippen molar-refractivity contribution in [2.24, 2.45) is 11.8 Å². The summed E-state index contributed by atoms with van der Waals surface area (Å²) < 4.78 is 7.83. The van der Waals surface area contributed by atoms with E-state index in [9.17, 15) is 0 Å². The molecule has 0 radical (unpaired) electrons. The van der Waals surface area contributed by atoms with Crippen molar-refractivity contribution in [1.82, 2.24) is 0 Å². The molecule has 2 atom stereocenters. The Labute approximate surface area is 127 Å². The van der Waals surface area contributed by atoms with E-state index in [2.05, 4.69) is 36.4 Å². The van der Waals surface area contributed by atoms with Crippen LogP contribution in [0.15, 0.2) is 0 Å². The van der Waals surface area contributed by atoms with Crippen LogP contribution < -0.4 is 0 Å². The van der Waals surface area contributed by atoms with Crippen LogP contribution in [0.3, 0.4) is 0 Å². The van der Waals surface area contributed by atoms with Gasteiger partial charge >= 0.3 is 0 Å². The maximum atomic E-state index is 6.64. The fourth-order valence-corrected chi connectivity index (χ4v) is 4.59. The predicted molar refractivity (Wildman–Crippen MR) is 86.4 cm³/mol. The first-order valence-electron chi connectivity index (χ1n) is 7.91. The summed E-state index contributed by atoms with van der Waals surface area (Å²) in [4.78, 5) is 0. The van der Waals surface area contributed by atoms with Crippen molar-refractivity contribution in [1.29, 1.82) is 0 Å². The third kappa shape index (κ3) is 3.84. The van der Waals surface area contributed by atoms with E-state index in [1.807, 2.05) is 0 Å². The van der Waals surface area contributed by atoms with Crippen LogP contribution in [0.25, 0.3) is 0 Å². The molecule has 2 unspecified atom stereocenters. The second-order valence-electron chi connectivity index (χ2n) is 6.68. The van der Waals surface area contributed by atoms with E-state index in [0.717, 1.165) is 11.8 Å². The molecule has 2 rings (SSSR count). The van der Waals surface area contributed by atoms with Gasteiger partial charge in [0.15, 0.2) is 0 Å². The summed E-state index contributed by atoms with van der Waals surface area (Å²) in [7, 11) is 0. The molecule has 2 aliphatic rings. The minimum Gasteiger partial charge on any atom is -0.371 e.